The number of anilines is 1. The molecular formula is C18H24N4O2. The number of carbonyl (C=O) groups is 1. The van der Waals surface area contributed by atoms with E-state index in [9.17, 15) is 4.79 Å². The van der Waals surface area contributed by atoms with Gasteiger partial charge in [0.2, 0.25) is 0 Å². The van der Waals surface area contributed by atoms with E-state index < -0.39 is 0 Å². The lowest BCUT2D eigenvalue weighted by Crippen LogP contribution is -2.49. The number of esters is 1. The molecule has 1 aliphatic heterocycles. The number of rotatable bonds is 4. The van der Waals surface area contributed by atoms with Gasteiger partial charge in [-0.1, -0.05) is 30.3 Å². The summed E-state index contributed by atoms with van der Waals surface area (Å²) in [5.41, 5.74) is 4.29. The zero-order valence-corrected chi connectivity index (χ0v) is 14.7. The second-order valence-corrected chi connectivity index (χ2v) is 6.34. The lowest BCUT2D eigenvalue weighted by atomic mass is 9.86. The highest BCUT2D eigenvalue weighted by Gasteiger charge is 2.38. The highest BCUT2D eigenvalue weighted by atomic mass is 16.5. The third-order valence-corrected chi connectivity index (χ3v) is 4.81. The summed E-state index contributed by atoms with van der Waals surface area (Å²) >= 11 is 0. The maximum absolute atomic E-state index is 12.5. The Hall–Kier alpha value is -2.37. The fraction of sp³-hybridized carbons (Fsp3) is 0.500. The topological polar surface area (TPSA) is 60.2 Å². The number of ether oxygens (including phenoxy) is 1. The largest absolute Gasteiger partial charge is 0.467 e. The molecule has 0 saturated carbocycles. The monoisotopic (exact) mass is 328 g/mol. The second kappa shape index (κ2) is 6.63. The van der Waals surface area contributed by atoms with Crippen molar-refractivity contribution in [3.63, 3.8) is 0 Å². The zero-order chi connectivity index (χ0) is 17.3. The summed E-state index contributed by atoms with van der Waals surface area (Å²) in [5.74, 6) is -0.0104. The van der Waals surface area contributed by atoms with E-state index in [1.165, 1.54) is 12.7 Å². The Morgan fingerprint density at radius 1 is 1.38 bits per heavy atom. The molecule has 0 unspecified atom stereocenters. The molecule has 1 aromatic carbocycles. The Balaban J connectivity index is 2.05. The van der Waals surface area contributed by atoms with E-state index >= 15 is 0 Å². The minimum atomic E-state index is -0.301. The molecule has 1 aromatic heterocycles. The number of hydrogen-bond acceptors (Lipinski definition) is 5. The van der Waals surface area contributed by atoms with E-state index in [0.717, 1.165) is 30.0 Å². The molecular weight excluding hydrogens is 304 g/mol. The van der Waals surface area contributed by atoms with E-state index in [2.05, 4.69) is 34.3 Å². The molecule has 0 amide bonds. The van der Waals surface area contributed by atoms with Gasteiger partial charge >= 0.3 is 5.97 Å². The minimum absolute atomic E-state index is 0.179. The molecule has 0 saturated heterocycles. The van der Waals surface area contributed by atoms with Crippen molar-refractivity contribution in [2.75, 3.05) is 12.0 Å². The Labute approximate surface area is 142 Å². The summed E-state index contributed by atoms with van der Waals surface area (Å²) in [6.45, 7) is 7.45. The molecule has 24 heavy (non-hydrogen) atoms. The lowest BCUT2D eigenvalue weighted by Gasteiger charge is -2.41. The number of hydrogen-bond donors (Lipinski definition) is 0. The van der Waals surface area contributed by atoms with Crippen LogP contribution in [0.2, 0.25) is 0 Å². The average Bonchev–Trinajstić information content (AvgIpc) is 2.94. The SMILES string of the molecule is CCn1nnc(C)c1CN1c2ccccc2C[C@@H](C)[C@H]1C(=O)OC. The van der Waals surface area contributed by atoms with Crippen LogP contribution < -0.4 is 4.90 Å². The van der Waals surface area contributed by atoms with Crippen LogP contribution in [0.15, 0.2) is 24.3 Å². The first-order chi connectivity index (χ1) is 11.6. The Bertz CT molecular complexity index is 740. The van der Waals surface area contributed by atoms with E-state index in [0.29, 0.717) is 6.54 Å². The summed E-state index contributed by atoms with van der Waals surface area (Å²) in [5, 5.41) is 8.38. The molecule has 0 spiro atoms. The molecule has 0 aliphatic carbocycles. The van der Waals surface area contributed by atoms with Crippen molar-refractivity contribution in [2.45, 2.75) is 46.3 Å². The highest BCUT2D eigenvalue weighted by Crippen LogP contribution is 2.35. The summed E-state index contributed by atoms with van der Waals surface area (Å²) in [6, 6.07) is 7.97. The fourth-order valence-corrected chi connectivity index (χ4v) is 3.57. The molecule has 3 rings (SSSR count). The predicted octanol–water partition coefficient (Wildman–Crippen LogP) is 2.35. The second-order valence-electron chi connectivity index (χ2n) is 6.34. The zero-order valence-electron chi connectivity index (χ0n) is 14.7. The molecule has 0 fully saturated rings. The van der Waals surface area contributed by atoms with Gasteiger partial charge in [0.05, 0.1) is 25.0 Å². The molecule has 0 bridgehead atoms. The van der Waals surface area contributed by atoms with Gasteiger partial charge in [-0.3, -0.25) is 0 Å². The third kappa shape index (κ3) is 2.77. The van der Waals surface area contributed by atoms with Crippen LogP contribution in [0.4, 0.5) is 5.69 Å². The quantitative estimate of drug-likeness (QED) is 0.806. The van der Waals surface area contributed by atoms with Crippen molar-refractivity contribution >= 4 is 11.7 Å². The average molecular weight is 328 g/mol. The van der Waals surface area contributed by atoms with E-state index in [-0.39, 0.29) is 17.9 Å². The van der Waals surface area contributed by atoms with Crippen molar-refractivity contribution in [3.05, 3.63) is 41.2 Å². The van der Waals surface area contributed by atoms with Crippen molar-refractivity contribution in [1.82, 2.24) is 15.0 Å². The molecule has 1 aliphatic rings. The molecule has 6 heteroatoms. The van der Waals surface area contributed by atoms with Gasteiger partial charge in [-0.15, -0.1) is 5.10 Å². The molecule has 2 aromatic rings. The van der Waals surface area contributed by atoms with E-state index in [1.54, 1.807) is 0 Å². The molecule has 2 heterocycles. The van der Waals surface area contributed by atoms with Crippen molar-refractivity contribution in [1.29, 1.82) is 0 Å². The number of aromatic nitrogens is 3. The van der Waals surface area contributed by atoms with Crippen LogP contribution in [0.1, 0.15) is 30.8 Å². The number of aryl methyl sites for hydroxylation is 2. The fourth-order valence-electron chi connectivity index (χ4n) is 3.57. The number of para-hydroxylation sites is 1. The molecule has 2 atom stereocenters. The third-order valence-electron chi connectivity index (χ3n) is 4.81. The van der Waals surface area contributed by atoms with Gasteiger partial charge in [0.25, 0.3) is 0 Å². The van der Waals surface area contributed by atoms with Gasteiger partial charge in [-0.2, -0.15) is 0 Å². The smallest absolute Gasteiger partial charge is 0.328 e. The van der Waals surface area contributed by atoms with E-state index in [1.807, 2.05) is 30.7 Å². The van der Waals surface area contributed by atoms with Crippen LogP contribution in [0.5, 0.6) is 0 Å². The maximum Gasteiger partial charge on any atom is 0.328 e. The summed E-state index contributed by atoms with van der Waals surface area (Å²) in [6.07, 6.45) is 0.872. The number of fused-ring (bicyclic) bond motifs is 1. The van der Waals surface area contributed by atoms with Crippen molar-refractivity contribution in [2.24, 2.45) is 5.92 Å². The summed E-state index contributed by atoms with van der Waals surface area (Å²) in [7, 11) is 1.46. The van der Waals surface area contributed by atoms with Crippen LogP contribution in [0.3, 0.4) is 0 Å². The van der Waals surface area contributed by atoms with Gasteiger partial charge in [0, 0.05) is 12.2 Å². The van der Waals surface area contributed by atoms with Crippen LogP contribution >= 0.6 is 0 Å². The lowest BCUT2D eigenvalue weighted by molar-refractivity contribution is -0.143. The van der Waals surface area contributed by atoms with Gasteiger partial charge in [0.15, 0.2) is 0 Å². The molecule has 128 valence electrons. The van der Waals surface area contributed by atoms with Crippen molar-refractivity contribution < 1.29 is 9.53 Å². The van der Waals surface area contributed by atoms with Gasteiger partial charge < -0.3 is 9.64 Å². The van der Waals surface area contributed by atoms with Gasteiger partial charge in [-0.25, -0.2) is 9.48 Å². The highest BCUT2D eigenvalue weighted by molar-refractivity contribution is 5.82. The van der Waals surface area contributed by atoms with Crippen LogP contribution in [-0.4, -0.2) is 34.1 Å². The number of benzene rings is 1. The summed E-state index contributed by atoms with van der Waals surface area (Å²) in [4.78, 5) is 14.6. The normalized spacial score (nSPS) is 19.9. The Kier molecular flexibility index (Phi) is 4.55. The van der Waals surface area contributed by atoms with Crippen LogP contribution in [-0.2, 0) is 29.0 Å². The summed E-state index contributed by atoms with van der Waals surface area (Å²) < 4.78 is 6.99. The molecule has 6 nitrogen and oxygen atoms in total. The van der Waals surface area contributed by atoms with Crippen LogP contribution in [0, 0.1) is 12.8 Å². The maximum atomic E-state index is 12.5. The van der Waals surface area contributed by atoms with Gasteiger partial charge in [-0.05, 0) is 37.8 Å². The Morgan fingerprint density at radius 2 is 2.12 bits per heavy atom. The van der Waals surface area contributed by atoms with Crippen LogP contribution in [0.25, 0.3) is 0 Å². The molecule has 0 radical (unpaired) electrons. The molecule has 0 N–H and O–H groups in total. The Morgan fingerprint density at radius 3 is 2.83 bits per heavy atom. The first kappa shape index (κ1) is 16.5. The minimum Gasteiger partial charge on any atom is -0.467 e. The van der Waals surface area contributed by atoms with E-state index in [4.69, 9.17) is 4.74 Å². The standard InChI is InChI=1S/C18H24N4O2/c1-5-22-16(13(3)19-20-22)11-21-15-9-7-6-8-14(15)10-12(2)17(21)18(23)24-4/h6-9,12,17H,5,10-11H2,1-4H3/t12-,17+/m1/s1. The predicted molar refractivity (Wildman–Crippen MR) is 91.7 cm³/mol. The number of methoxy groups -OCH3 is 1. The first-order valence-electron chi connectivity index (χ1n) is 8.38. The number of carbonyl (C=O) groups excluding carboxylic acids is 1. The van der Waals surface area contributed by atoms with Crippen molar-refractivity contribution in [3.8, 4) is 0 Å². The first-order valence-corrected chi connectivity index (χ1v) is 8.38. The number of nitrogens with zero attached hydrogens (tertiary/aromatic N) is 4. The van der Waals surface area contributed by atoms with Gasteiger partial charge in [0.1, 0.15) is 6.04 Å².